The van der Waals surface area contributed by atoms with Crippen molar-refractivity contribution in [3.63, 3.8) is 0 Å². The van der Waals surface area contributed by atoms with Gasteiger partial charge in [-0.2, -0.15) is 0 Å². The van der Waals surface area contributed by atoms with Crippen molar-refractivity contribution >= 4 is 52.5 Å². The molecule has 29 heavy (non-hydrogen) atoms. The number of amides is 2. The number of rotatable bonds is 3. The van der Waals surface area contributed by atoms with Crippen LogP contribution in [0, 0.1) is 0 Å². The minimum absolute atomic E-state index is 0.00987. The first-order valence-electron chi connectivity index (χ1n) is 8.55. The molecule has 3 aromatic rings. The highest BCUT2D eigenvalue weighted by atomic mass is 35.5. The Balaban J connectivity index is 1.65. The van der Waals surface area contributed by atoms with Crippen LogP contribution >= 0.6 is 23.8 Å². The molecule has 1 aliphatic rings. The fraction of sp³-hybridized carbons (Fsp3) is 0. The third-order valence-corrected chi connectivity index (χ3v) is 4.84. The van der Waals surface area contributed by atoms with Crippen LogP contribution in [0.2, 0.25) is 5.02 Å². The van der Waals surface area contributed by atoms with Gasteiger partial charge in [0.05, 0.1) is 5.69 Å². The fourth-order valence-electron chi connectivity index (χ4n) is 2.87. The Bertz CT molecular complexity index is 1130. The molecule has 1 N–H and O–H groups in total. The molecule has 0 aliphatic carbocycles. The largest absolute Gasteiger partial charge is 0.298 e. The van der Waals surface area contributed by atoms with Crippen LogP contribution in [0.25, 0.3) is 17.2 Å². The van der Waals surface area contributed by atoms with Gasteiger partial charge in [-0.25, -0.2) is 9.97 Å². The van der Waals surface area contributed by atoms with Gasteiger partial charge >= 0.3 is 0 Å². The number of hydrogen-bond acceptors (Lipinski definition) is 5. The molecule has 2 aromatic carbocycles. The Labute approximate surface area is 176 Å². The maximum absolute atomic E-state index is 13.0. The second-order valence-electron chi connectivity index (χ2n) is 6.18. The summed E-state index contributed by atoms with van der Waals surface area (Å²) < 4.78 is 0. The molecule has 0 unspecified atom stereocenters. The van der Waals surface area contributed by atoms with Crippen LogP contribution in [0.4, 0.5) is 5.69 Å². The van der Waals surface area contributed by atoms with Gasteiger partial charge in [0.2, 0.25) is 0 Å². The van der Waals surface area contributed by atoms with E-state index in [-0.39, 0.29) is 10.7 Å². The Hall–Kier alpha value is -3.42. The number of hydrogen-bond donors (Lipinski definition) is 1. The molecule has 1 aromatic heterocycles. The second-order valence-corrected chi connectivity index (χ2v) is 7.01. The van der Waals surface area contributed by atoms with E-state index in [0.717, 1.165) is 11.1 Å². The van der Waals surface area contributed by atoms with Crippen molar-refractivity contribution in [2.75, 3.05) is 4.90 Å². The van der Waals surface area contributed by atoms with Gasteiger partial charge in [-0.3, -0.25) is 19.8 Å². The molecule has 0 spiro atoms. The van der Waals surface area contributed by atoms with Crippen LogP contribution in [-0.4, -0.2) is 26.9 Å². The normalized spacial score (nSPS) is 15.6. The third kappa shape index (κ3) is 3.91. The second kappa shape index (κ2) is 7.90. The van der Waals surface area contributed by atoms with E-state index in [4.69, 9.17) is 23.8 Å². The molecule has 8 heteroatoms. The monoisotopic (exact) mass is 420 g/mol. The average Bonchev–Trinajstić information content (AvgIpc) is 2.73. The molecule has 4 rings (SSSR count). The third-order valence-electron chi connectivity index (χ3n) is 4.30. The highest BCUT2D eigenvalue weighted by Crippen LogP contribution is 2.24. The Morgan fingerprint density at radius 3 is 2.24 bits per heavy atom. The van der Waals surface area contributed by atoms with E-state index in [1.807, 2.05) is 24.3 Å². The summed E-state index contributed by atoms with van der Waals surface area (Å²) in [5, 5.41) is 3.12. The summed E-state index contributed by atoms with van der Waals surface area (Å²) in [6.45, 7) is 0. The van der Waals surface area contributed by atoms with Crippen molar-refractivity contribution in [3.05, 3.63) is 83.4 Å². The summed E-state index contributed by atoms with van der Waals surface area (Å²) in [7, 11) is 0. The van der Waals surface area contributed by atoms with Crippen LogP contribution in [-0.2, 0) is 9.59 Å². The lowest BCUT2D eigenvalue weighted by atomic mass is 10.0. The lowest BCUT2D eigenvalue weighted by Crippen LogP contribution is -2.54. The van der Waals surface area contributed by atoms with Crippen molar-refractivity contribution in [2.45, 2.75) is 0 Å². The highest BCUT2D eigenvalue weighted by molar-refractivity contribution is 7.80. The number of anilines is 1. The van der Waals surface area contributed by atoms with Crippen LogP contribution < -0.4 is 10.2 Å². The van der Waals surface area contributed by atoms with Crippen LogP contribution in [0.1, 0.15) is 5.56 Å². The SMILES string of the molecule is O=C1NC(=S)N(c2ccc(Cl)cc2)C(=O)/C1=C\c1ccc(-c2cncnc2)cc1. The smallest absolute Gasteiger partial charge is 0.270 e. The van der Waals surface area contributed by atoms with Gasteiger partial charge in [0, 0.05) is 23.0 Å². The predicted molar refractivity (Wildman–Crippen MR) is 115 cm³/mol. The van der Waals surface area contributed by atoms with E-state index in [1.165, 1.54) is 17.3 Å². The van der Waals surface area contributed by atoms with E-state index in [9.17, 15) is 9.59 Å². The minimum Gasteiger partial charge on any atom is -0.298 e. The highest BCUT2D eigenvalue weighted by Gasteiger charge is 2.34. The number of nitrogens with one attached hydrogen (secondary N) is 1. The summed E-state index contributed by atoms with van der Waals surface area (Å²) in [4.78, 5) is 34.6. The lowest BCUT2D eigenvalue weighted by molar-refractivity contribution is -0.122. The first-order chi connectivity index (χ1) is 14.0. The number of benzene rings is 2. The standard InChI is InChI=1S/C21H13ClN4O2S/c22-16-5-7-17(8-6-16)26-20(28)18(19(27)25-21(26)29)9-13-1-3-14(4-2-13)15-10-23-12-24-11-15/h1-12H,(H,25,27,29)/b18-9-. The van der Waals surface area contributed by atoms with E-state index in [1.54, 1.807) is 36.7 Å². The van der Waals surface area contributed by atoms with Crippen molar-refractivity contribution in [1.29, 1.82) is 0 Å². The molecule has 1 fully saturated rings. The van der Waals surface area contributed by atoms with Gasteiger partial charge in [-0.05, 0) is 53.7 Å². The summed E-state index contributed by atoms with van der Waals surface area (Å²) in [5.41, 5.74) is 3.01. The Morgan fingerprint density at radius 2 is 1.59 bits per heavy atom. The zero-order valence-corrected chi connectivity index (χ0v) is 16.4. The zero-order valence-electron chi connectivity index (χ0n) is 14.9. The lowest BCUT2D eigenvalue weighted by Gasteiger charge is -2.28. The molecule has 2 amide bonds. The summed E-state index contributed by atoms with van der Waals surface area (Å²) in [5.74, 6) is -1.03. The van der Waals surface area contributed by atoms with Crippen molar-refractivity contribution in [2.24, 2.45) is 0 Å². The predicted octanol–water partition coefficient (Wildman–Crippen LogP) is 3.63. The number of thiocarbonyl (C=S) groups is 1. The number of aromatic nitrogens is 2. The number of halogens is 1. The van der Waals surface area contributed by atoms with Crippen molar-refractivity contribution in [1.82, 2.24) is 15.3 Å². The molecule has 0 saturated carbocycles. The summed E-state index contributed by atoms with van der Waals surface area (Å²) in [6.07, 6.45) is 6.42. The number of carbonyl (C=O) groups excluding carboxylic acids is 2. The molecule has 6 nitrogen and oxygen atoms in total. The first kappa shape index (κ1) is 18.9. The van der Waals surface area contributed by atoms with E-state index in [0.29, 0.717) is 16.3 Å². The number of nitrogens with zero attached hydrogens (tertiary/aromatic N) is 3. The first-order valence-corrected chi connectivity index (χ1v) is 9.34. The summed E-state index contributed by atoms with van der Waals surface area (Å²) in [6, 6.07) is 14.0. The van der Waals surface area contributed by atoms with Gasteiger partial charge in [0.25, 0.3) is 11.8 Å². The van der Waals surface area contributed by atoms with Crippen LogP contribution in [0.5, 0.6) is 0 Å². The molecule has 2 heterocycles. The molecule has 0 bridgehead atoms. The van der Waals surface area contributed by atoms with E-state index >= 15 is 0 Å². The van der Waals surface area contributed by atoms with Gasteiger partial charge in [-0.15, -0.1) is 0 Å². The van der Waals surface area contributed by atoms with Crippen LogP contribution in [0.15, 0.2) is 72.8 Å². The Kier molecular flexibility index (Phi) is 5.16. The van der Waals surface area contributed by atoms with Crippen molar-refractivity contribution < 1.29 is 9.59 Å². The van der Waals surface area contributed by atoms with Gasteiger partial charge < -0.3 is 0 Å². The number of carbonyl (C=O) groups is 2. The maximum atomic E-state index is 13.0. The molecular formula is C21H13ClN4O2S. The van der Waals surface area contributed by atoms with E-state index < -0.39 is 11.8 Å². The Morgan fingerprint density at radius 1 is 0.931 bits per heavy atom. The van der Waals surface area contributed by atoms with Crippen LogP contribution in [0.3, 0.4) is 0 Å². The van der Waals surface area contributed by atoms with Crippen molar-refractivity contribution in [3.8, 4) is 11.1 Å². The van der Waals surface area contributed by atoms with E-state index in [2.05, 4.69) is 15.3 Å². The van der Waals surface area contributed by atoms with Gasteiger partial charge in [0.1, 0.15) is 11.9 Å². The quantitative estimate of drug-likeness (QED) is 0.398. The maximum Gasteiger partial charge on any atom is 0.270 e. The average molecular weight is 421 g/mol. The molecule has 1 saturated heterocycles. The molecular weight excluding hydrogens is 408 g/mol. The fourth-order valence-corrected chi connectivity index (χ4v) is 3.28. The minimum atomic E-state index is -0.536. The zero-order chi connectivity index (χ0) is 20.4. The molecule has 0 radical (unpaired) electrons. The topological polar surface area (TPSA) is 75.2 Å². The molecule has 142 valence electrons. The molecule has 0 atom stereocenters. The molecule has 1 aliphatic heterocycles. The van der Waals surface area contributed by atoms with Gasteiger partial charge in [-0.1, -0.05) is 35.9 Å². The summed E-state index contributed by atoms with van der Waals surface area (Å²) >= 11 is 11.1. The van der Waals surface area contributed by atoms with Gasteiger partial charge in [0.15, 0.2) is 5.11 Å².